The molecule has 1 N–H and O–H groups in total. The van der Waals surface area contributed by atoms with E-state index in [1.165, 1.54) is 5.56 Å². The molecule has 2 aromatic heterocycles. The number of pyridine rings is 1. The zero-order valence-corrected chi connectivity index (χ0v) is 12.0. The maximum atomic E-state index is 4.60. The van der Waals surface area contributed by atoms with Gasteiger partial charge in [-0.3, -0.25) is 4.98 Å². The number of thiazole rings is 1. The molecule has 100 valence electrons. The van der Waals surface area contributed by atoms with E-state index < -0.39 is 0 Å². The van der Waals surface area contributed by atoms with Crippen LogP contribution in [-0.4, -0.2) is 9.97 Å². The molecule has 4 heteroatoms. The molecule has 2 heterocycles. The van der Waals surface area contributed by atoms with Crippen LogP contribution in [0.1, 0.15) is 11.3 Å². The summed E-state index contributed by atoms with van der Waals surface area (Å²) in [7, 11) is 0. The molecule has 0 spiro atoms. The predicted octanol–water partition coefficient (Wildman–Crippen LogP) is 4.13. The molecule has 0 amide bonds. The highest BCUT2D eigenvalue weighted by Gasteiger charge is 2.05. The molecule has 0 aliphatic carbocycles. The van der Waals surface area contributed by atoms with Gasteiger partial charge in [-0.1, -0.05) is 36.4 Å². The van der Waals surface area contributed by atoms with E-state index in [0.29, 0.717) is 6.54 Å². The van der Waals surface area contributed by atoms with Crippen molar-refractivity contribution in [3.63, 3.8) is 0 Å². The SMILES string of the molecule is Cc1cccnc1CNc1nc(-c2ccccc2)cs1. The van der Waals surface area contributed by atoms with E-state index in [-0.39, 0.29) is 0 Å². The second-order valence-corrected chi connectivity index (χ2v) is 5.38. The van der Waals surface area contributed by atoms with Crippen LogP contribution < -0.4 is 5.32 Å². The first-order chi connectivity index (χ1) is 9.83. The predicted molar refractivity (Wildman–Crippen MR) is 83.9 cm³/mol. The lowest BCUT2D eigenvalue weighted by Crippen LogP contribution is -2.03. The quantitative estimate of drug-likeness (QED) is 0.781. The van der Waals surface area contributed by atoms with Gasteiger partial charge in [0.2, 0.25) is 0 Å². The maximum Gasteiger partial charge on any atom is 0.183 e. The van der Waals surface area contributed by atoms with E-state index in [4.69, 9.17) is 0 Å². The minimum absolute atomic E-state index is 0.703. The number of nitrogens with one attached hydrogen (secondary N) is 1. The zero-order chi connectivity index (χ0) is 13.8. The molecular weight excluding hydrogens is 266 g/mol. The van der Waals surface area contributed by atoms with Gasteiger partial charge in [-0.2, -0.15) is 0 Å². The van der Waals surface area contributed by atoms with Gasteiger partial charge < -0.3 is 5.32 Å². The summed E-state index contributed by atoms with van der Waals surface area (Å²) in [5.41, 5.74) is 4.41. The van der Waals surface area contributed by atoms with E-state index in [1.54, 1.807) is 11.3 Å². The number of aryl methyl sites for hydroxylation is 1. The number of hydrogen-bond donors (Lipinski definition) is 1. The van der Waals surface area contributed by atoms with Gasteiger partial charge in [0.05, 0.1) is 17.9 Å². The highest BCUT2D eigenvalue weighted by atomic mass is 32.1. The van der Waals surface area contributed by atoms with Gasteiger partial charge in [-0.25, -0.2) is 4.98 Å². The molecule has 3 rings (SSSR count). The molecular formula is C16H15N3S. The molecule has 0 fully saturated rings. The van der Waals surface area contributed by atoms with Gasteiger partial charge >= 0.3 is 0 Å². The maximum absolute atomic E-state index is 4.60. The fourth-order valence-electron chi connectivity index (χ4n) is 1.96. The van der Waals surface area contributed by atoms with Crippen LogP contribution in [0.4, 0.5) is 5.13 Å². The molecule has 0 aliphatic rings. The van der Waals surface area contributed by atoms with Crippen molar-refractivity contribution in [1.29, 1.82) is 0 Å². The van der Waals surface area contributed by atoms with E-state index in [0.717, 1.165) is 22.1 Å². The monoisotopic (exact) mass is 281 g/mol. The Bertz CT molecular complexity index is 692. The van der Waals surface area contributed by atoms with Gasteiger partial charge in [-0.05, 0) is 18.6 Å². The molecule has 3 nitrogen and oxygen atoms in total. The summed E-state index contributed by atoms with van der Waals surface area (Å²) in [4.78, 5) is 8.98. The van der Waals surface area contributed by atoms with Crippen molar-refractivity contribution in [2.75, 3.05) is 5.32 Å². The Hall–Kier alpha value is -2.20. The largest absolute Gasteiger partial charge is 0.356 e. The van der Waals surface area contributed by atoms with Crippen LogP contribution in [-0.2, 0) is 6.54 Å². The smallest absolute Gasteiger partial charge is 0.183 e. The summed E-state index contributed by atoms with van der Waals surface area (Å²) >= 11 is 1.62. The third kappa shape index (κ3) is 2.86. The van der Waals surface area contributed by atoms with Crippen molar-refractivity contribution < 1.29 is 0 Å². The van der Waals surface area contributed by atoms with Crippen LogP contribution in [0.5, 0.6) is 0 Å². The lowest BCUT2D eigenvalue weighted by Gasteiger charge is -2.04. The lowest BCUT2D eigenvalue weighted by molar-refractivity contribution is 1.01. The van der Waals surface area contributed by atoms with E-state index in [9.17, 15) is 0 Å². The average Bonchev–Trinajstić information content (AvgIpc) is 2.96. The van der Waals surface area contributed by atoms with Crippen molar-refractivity contribution in [3.8, 4) is 11.3 Å². The minimum atomic E-state index is 0.703. The third-order valence-corrected chi connectivity index (χ3v) is 3.90. The first-order valence-electron chi connectivity index (χ1n) is 6.48. The highest BCUT2D eigenvalue weighted by Crippen LogP contribution is 2.24. The molecule has 1 aromatic carbocycles. The van der Waals surface area contributed by atoms with E-state index in [2.05, 4.69) is 45.8 Å². The summed E-state index contributed by atoms with van der Waals surface area (Å²) in [6, 6.07) is 14.2. The standard InChI is InChI=1S/C16H15N3S/c1-12-6-5-9-17-14(12)10-18-16-19-15(11-20-16)13-7-3-2-4-8-13/h2-9,11H,10H2,1H3,(H,18,19). The Labute approximate surface area is 122 Å². The van der Waals surface area contributed by atoms with Gasteiger partial charge in [-0.15, -0.1) is 11.3 Å². The van der Waals surface area contributed by atoms with Crippen LogP contribution in [0.15, 0.2) is 54.0 Å². The summed E-state index contributed by atoms with van der Waals surface area (Å²) in [5.74, 6) is 0. The molecule has 0 bridgehead atoms. The fraction of sp³-hybridized carbons (Fsp3) is 0.125. The Morgan fingerprint density at radius 1 is 1.10 bits per heavy atom. The molecule has 0 atom stereocenters. The Morgan fingerprint density at radius 3 is 2.75 bits per heavy atom. The zero-order valence-electron chi connectivity index (χ0n) is 11.2. The first kappa shape index (κ1) is 12.8. The number of rotatable bonds is 4. The number of nitrogens with zero attached hydrogens (tertiary/aromatic N) is 2. The van der Waals surface area contributed by atoms with Gasteiger partial charge in [0, 0.05) is 17.1 Å². The molecule has 0 radical (unpaired) electrons. The molecule has 0 saturated heterocycles. The third-order valence-electron chi connectivity index (χ3n) is 3.10. The van der Waals surface area contributed by atoms with Gasteiger partial charge in [0.1, 0.15) is 0 Å². The van der Waals surface area contributed by atoms with E-state index in [1.807, 2.05) is 30.5 Å². The van der Waals surface area contributed by atoms with Crippen molar-refractivity contribution in [1.82, 2.24) is 9.97 Å². The normalized spacial score (nSPS) is 10.4. The van der Waals surface area contributed by atoms with Gasteiger partial charge in [0.25, 0.3) is 0 Å². The highest BCUT2D eigenvalue weighted by molar-refractivity contribution is 7.14. The van der Waals surface area contributed by atoms with Crippen molar-refractivity contribution >= 4 is 16.5 Å². The van der Waals surface area contributed by atoms with Crippen molar-refractivity contribution in [2.45, 2.75) is 13.5 Å². The van der Waals surface area contributed by atoms with Crippen LogP contribution in [0, 0.1) is 6.92 Å². The van der Waals surface area contributed by atoms with Crippen LogP contribution in [0.25, 0.3) is 11.3 Å². The molecule has 0 aliphatic heterocycles. The molecule has 0 saturated carbocycles. The molecule has 3 aromatic rings. The second kappa shape index (κ2) is 5.84. The second-order valence-electron chi connectivity index (χ2n) is 4.52. The Balaban J connectivity index is 1.71. The average molecular weight is 281 g/mol. The first-order valence-corrected chi connectivity index (χ1v) is 7.36. The minimum Gasteiger partial charge on any atom is -0.356 e. The van der Waals surface area contributed by atoms with Crippen LogP contribution in [0.2, 0.25) is 0 Å². The molecule has 0 unspecified atom stereocenters. The Kier molecular flexibility index (Phi) is 3.74. The number of hydrogen-bond acceptors (Lipinski definition) is 4. The lowest BCUT2D eigenvalue weighted by atomic mass is 10.2. The summed E-state index contributed by atoms with van der Waals surface area (Å²) in [6.45, 7) is 2.77. The molecule has 20 heavy (non-hydrogen) atoms. The Morgan fingerprint density at radius 2 is 1.95 bits per heavy atom. The van der Waals surface area contributed by atoms with Crippen LogP contribution >= 0.6 is 11.3 Å². The van der Waals surface area contributed by atoms with Crippen molar-refractivity contribution in [3.05, 3.63) is 65.3 Å². The number of anilines is 1. The van der Waals surface area contributed by atoms with Gasteiger partial charge in [0.15, 0.2) is 5.13 Å². The summed E-state index contributed by atoms with van der Waals surface area (Å²) in [5, 5.41) is 6.33. The number of aromatic nitrogens is 2. The topological polar surface area (TPSA) is 37.8 Å². The van der Waals surface area contributed by atoms with Crippen molar-refractivity contribution in [2.24, 2.45) is 0 Å². The number of benzene rings is 1. The van der Waals surface area contributed by atoms with Crippen LogP contribution in [0.3, 0.4) is 0 Å². The fourth-order valence-corrected chi connectivity index (χ4v) is 2.68. The summed E-state index contributed by atoms with van der Waals surface area (Å²) in [6.07, 6.45) is 1.82. The van der Waals surface area contributed by atoms with E-state index >= 15 is 0 Å². The summed E-state index contributed by atoms with van der Waals surface area (Å²) < 4.78 is 0.